The zero-order chi connectivity index (χ0) is 24.7. The van der Waals surface area contributed by atoms with E-state index in [-0.39, 0.29) is 23.0 Å². The molecule has 0 aliphatic heterocycles. The molecule has 3 aromatic carbocycles. The number of hydrogen-bond donors (Lipinski definition) is 1. The molecule has 0 unspecified atom stereocenters. The number of nitrogens with zero attached hydrogens (tertiary/aromatic N) is 1. The van der Waals surface area contributed by atoms with Crippen molar-refractivity contribution in [3.8, 4) is 17.6 Å². The molecule has 34 heavy (non-hydrogen) atoms. The molecule has 1 N–H and O–H groups in total. The summed E-state index contributed by atoms with van der Waals surface area (Å²) in [6, 6.07) is 16.1. The van der Waals surface area contributed by atoms with Crippen LogP contribution in [0.1, 0.15) is 23.6 Å². The van der Waals surface area contributed by atoms with Crippen LogP contribution in [0, 0.1) is 24.1 Å². The predicted octanol–water partition coefficient (Wildman–Crippen LogP) is 6.96. The second-order valence-electron chi connectivity index (χ2n) is 7.21. The Morgan fingerprint density at radius 2 is 1.85 bits per heavy atom. The van der Waals surface area contributed by atoms with E-state index in [1.165, 1.54) is 18.2 Å². The molecule has 1 amide bonds. The zero-order valence-electron chi connectivity index (χ0n) is 18.5. The molecule has 0 aromatic heterocycles. The van der Waals surface area contributed by atoms with Gasteiger partial charge in [-0.15, -0.1) is 0 Å². The van der Waals surface area contributed by atoms with Crippen molar-refractivity contribution in [1.29, 1.82) is 5.26 Å². The van der Waals surface area contributed by atoms with Crippen LogP contribution in [0.25, 0.3) is 6.08 Å². The molecule has 0 spiro atoms. The topological polar surface area (TPSA) is 71.3 Å². The molecule has 0 saturated carbocycles. The van der Waals surface area contributed by atoms with Crippen molar-refractivity contribution in [2.24, 2.45) is 0 Å². The van der Waals surface area contributed by atoms with Gasteiger partial charge in [-0.25, -0.2) is 4.39 Å². The van der Waals surface area contributed by atoms with E-state index in [0.717, 1.165) is 5.56 Å². The third-order valence-corrected chi connectivity index (χ3v) is 5.51. The lowest BCUT2D eigenvalue weighted by atomic mass is 10.1. The number of ether oxygens (including phenoxy) is 2. The number of carbonyl (C=O) groups is 1. The average Bonchev–Trinajstić information content (AvgIpc) is 2.81. The molecule has 5 nitrogen and oxygen atoms in total. The van der Waals surface area contributed by atoms with Crippen molar-refractivity contribution in [3.05, 3.63) is 92.7 Å². The van der Waals surface area contributed by atoms with Crippen molar-refractivity contribution in [3.63, 3.8) is 0 Å². The van der Waals surface area contributed by atoms with E-state index >= 15 is 0 Å². The third kappa shape index (κ3) is 6.28. The van der Waals surface area contributed by atoms with Gasteiger partial charge in [-0.05, 0) is 73.0 Å². The lowest BCUT2D eigenvalue weighted by Gasteiger charge is -2.15. The number of anilines is 1. The number of benzene rings is 3. The second-order valence-corrected chi connectivity index (χ2v) is 8.03. The fourth-order valence-corrected chi connectivity index (χ4v) is 3.51. The maximum atomic E-state index is 13.1. The molecule has 3 aromatic rings. The highest BCUT2D eigenvalue weighted by Crippen LogP contribution is 2.38. The first kappa shape index (κ1) is 25.1. The van der Waals surface area contributed by atoms with E-state index in [0.29, 0.717) is 39.9 Å². The third-order valence-electron chi connectivity index (χ3n) is 4.82. The predicted molar refractivity (Wildman–Crippen MR) is 132 cm³/mol. The number of halogens is 3. The minimum absolute atomic E-state index is 0.127. The lowest BCUT2D eigenvalue weighted by Crippen LogP contribution is -2.14. The zero-order valence-corrected chi connectivity index (χ0v) is 20.0. The highest BCUT2D eigenvalue weighted by Gasteiger charge is 2.16. The van der Waals surface area contributed by atoms with Gasteiger partial charge in [0.2, 0.25) is 0 Å². The number of hydrogen-bond acceptors (Lipinski definition) is 4. The molecule has 0 saturated heterocycles. The molecule has 0 aliphatic rings. The Labute approximate surface area is 207 Å². The Morgan fingerprint density at radius 3 is 2.53 bits per heavy atom. The lowest BCUT2D eigenvalue weighted by molar-refractivity contribution is -0.112. The first-order chi connectivity index (χ1) is 16.3. The van der Waals surface area contributed by atoms with Crippen molar-refractivity contribution in [2.45, 2.75) is 20.5 Å². The molecule has 3 rings (SSSR count). The van der Waals surface area contributed by atoms with Gasteiger partial charge < -0.3 is 14.8 Å². The molecule has 0 radical (unpaired) electrons. The molecule has 0 atom stereocenters. The summed E-state index contributed by atoms with van der Waals surface area (Å²) in [6.45, 7) is 4.07. The Kier molecular flexibility index (Phi) is 8.53. The maximum absolute atomic E-state index is 13.1. The Morgan fingerprint density at radius 1 is 1.12 bits per heavy atom. The minimum Gasteiger partial charge on any atom is -0.490 e. The summed E-state index contributed by atoms with van der Waals surface area (Å²) in [4.78, 5) is 12.7. The van der Waals surface area contributed by atoms with Gasteiger partial charge in [-0.3, -0.25) is 4.79 Å². The highest BCUT2D eigenvalue weighted by molar-refractivity contribution is 6.32. The molecule has 174 valence electrons. The summed E-state index contributed by atoms with van der Waals surface area (Å²) in [5.41, 5.74) is 2.31. The van der Waals surface area contributed by atoms with Crippen molar-refractivity contribution in [2.75, 3.05) is 11.9 Å². The summed E-state index contributed by atoms with van der Waals surface area (Å²) in [7, 11) is 0. The van der Waals surface area contributed by atoms with Gasteiger partial charge in [-0.1, -0.05) is 41.4 Å². The van der Waals surface area contributed by atoms with Gasteiger partial charge >= 0.3 is 0 Å². The minimum atomic E-state index is -0.585. The van der Waals surface area contributed by atoms with Crippen molar-refractivity contribution in [1.82, 2.24) is 0 Å². The number of rotatable bonds is 8. The quantitative estimate of drug-likeness (QED) is 0.269. The SMILES string of the molecule is CCOc1cc(/C=C(\C#N)C(=O)Nc2cccc(Cl)c2C)cc(Cl)c1OCc1ccc(F)cc1. The summed E-state index contributed by atoms with van der Waals surface area (Å²) in [6.07, 6.45) is 1.41. The molecule has 0 bridgehead atoms. The monoisotopic (exact) mass is 498 g/mol. The second kappa shape index (κ2) is 11.6. The van der Waals surface area contributed by atoms with Crippen LogP contribution in [0.5, 0.6) is 11.5 Å². The molecular weight excluding hydrogens is 478 g/mol. The van der Waals surface area contributed by atoms with E-state index in [9.17, 15) is 14.4 Å². The Bertz CT molecular complexity index is 1270. The van der Waals surface area contributed by atoms with E-state index in [1.54, 1.807) is 49.4 Å². The van der Waals surface area contributed by atoms with Gasteiger partial charge in [0.05, 0.1) is 11.6 Å². The van der Waals surface area contributed by atoms with Gasteiger partial charge in [0, 0.05) is 10.7 Å². The van der Waals surface area contributed by atoms with Crippen LogP contribution in [-0.4, -0.2) is 12.5 Å². The van der Waals surface area contributed by atoms with Crippen LogP contribution < -0.4 is 14.8 Å². The first-order valence-electron chi connectivity index (χ1n) is 10.3. The van der Waals surface area contributed by atoms with Crippen LogP contribution in [0.4, 0.5) is 10.1 Å². The van der Waals surface area contributed by atoms with E-state index in [1.807, 2.05) is 13.0 Å². The smallest absolute Gasteiger partial charge is 0.266 e. The van der Waals surface area contributed by atoms with Crippen LogP contribution >= 0.6 is 23.2 Å². The van der Waals surface area contributed by atoms with Gasteiger partial charge in [0.25, 0.3) is 5.91 Å². The number of nitrogens with one attached hydrogen (secondary N) is 1. The van der Waals surface area contributed by atoms with Crippen LogP contribution in [0.2, 0.25) is 10.0 Å². The highest BCUT2D eigenvalue weighted by atomic mass is 35.5. The van der Waals surface area contributed by atoms with Crippen LogP contribution in [-0.2, 0) is 11.4 Å². The summed E-state index contributed by atoms with van der Waals surface area (Å²) in [5.74, 6) is -0.261. The van der Waals surface area contributed by atoms with Crippen molar-refractivity contribution < 1.29 is 18.7 Å². The number of carbonyl (C=O) groups excluding carboxylic acids is 1. The fourth-order valence-electron chi connectivity index (χ4n) is 3.06. The average molecular weight is 499 g/mol. The maximum Gasteiger partial charge on any atom is 0.266 e. The van der Waals surface area contributed by atoms with E-state index in [4.69, 9.17) is 32.7 Å². The molecule has 0 heterocycles. The largest absolute Gasteiger partial charge is 0.490 e. The number of amides is 1. The normalized spacial score (nSPS) is 11.0. The van der Waals surface area contributed by atoms with Crippen molar-refractivity contribution >= 4 is 40.9 Å². The summed E-state index contributed by atoms with van der Waals surface area (Å²) < 4.78 is 24.6. The van der Waals surface area contributed by atoms with E-state index < -0.39 is 5.91 Å². The van der Waals surface area contributed by atoms with Gasteiger partial charge in [0.1, 0.15) is 24.1 Å². The van der Waals surface area contributed by atoms with Crippen LogP contribution in [0.15, 0.2) is 60.2 Å². The molecule has 8 heteroatoms. The first-order valence-corrected chi connectivity index (χ1v) is 11.1. The molecular formula is C26H21Cl2FN2O3. The van der Waals surface area contributed by atoms with E-state index in [2.05, 4.69) is 5.32 Å². The number of nitriles is 1. The van der Waals surface area contributed by atoms with Crippen LogP contribution in [0.3, 0.4) is 0 Å². The fraction of sp³-hybridized carbons (Fsp3) is 0.154. The molecule has 0 aliphatic carbocycles. The standard InChI is InChI=1S/C26H21Cl2FN2O3/c1-3-33-24-13-18(12-22(28)25(24)34-15-17-7-9-20(29)10-8-17)11-19(14-30)26(32)31-23-6-4-5-21(27)16(23)2/h4-13H,3,15H2,1-2H3,(H,31,32)/b19-11+. The van der Waals surface area contributed by atoms with Gasteiger partial charge in [-0.2, -0.15) is 5.26 Å². The summed E-state index contributed by atoms with van der Waals surface area (Å²) >= 11 is 12.5. The Balaban J connectivity index is 1.86. The molecule has 0 fully saturated rings. The summed E-state index contributed by atoms with van der Waals surface area (Å²) in [5, 5.41) is 13.0. The Hall–Kier alpha value is -3.53. The van der Waals surface area contributed by atoms with Gasteiger partial charge in [0.15, 0.2) is 11.5 Å².